The molecular formula is C27H15Cl3FN3O3S. The van der Waals surface area contributed by atoms with Crippen LogP contribution >= 0.6 is 47.0 Å². The topological polar surface area (TPSA) is 80.3 Å². The van der Waals surface area contributed by atoms with Crippen molar-refractivity contribution in [3.63, 3.8) is 0 Å². The van der Waals surface area contributed by atoms with Gasteiger partial charge in [0.15, 0.2) is 10.7 Å². The minimum Gasteiger partial charge on any atom is -0.457 e. The summed E-state index contributed by atoms with van der Waals surface area (Å²) in [6, 6.07) is 17.6. The van der Waals surface area contributed by atoms with E-state index in [1.54, 1.807) is 48.5 Å². The van der Waals surface area contributed by atoms with Gasteiger partial charge in [-0.3, -0.25) is 10.1 Å². The highest BCUT2D eigenvalue weighted by Gasteiger charge is 2.13. The van der Waals surface area contributed by atoms with Gasteiger partial charge in [0.25, 0.3) is 0 Å². The second-order valence-corrected chi connectivity index (χ2v) is 9.59. The number of carbonyl (C=O) groups is 1. The maximum Gasteiger partial charge on any atom is 0.250 e. The van der Waals surface area contributed by atoms with Crippen molar-refractivity contribution in [3.05, 3.63) is 99.5 Å². The van der Waals surface area contributed by atoms with E-state index in [-0.39, 0.29) is 16.0 Å². The van der Waals surface area contributed by atoms with Gasteiger partial charge in [0.1, 0.15) is 22.9 Å². The minimum absolute atomic E-state index is 0.0809. The predicted molar refractivity (Wildman–Crippen MR) is 152 cm³/mol. The third-order valence-corrected chi connectivity index (χ3v) is 6.33. The van der Waals surface area contributed by atoms with Crippen molar-refractivity contribution in [2.24, 2.45) is 0 Å². The van der Waals surface area contributed by atoms with Gasteiger partial charge in [-0.15, -0.1) is 0 Å². The summed E-state index contributed by atoms with van der Waals surface area (Å²) in [6.45, 7) is 0. The van der Waals surface area contributed by atoms with Gasteiger partial charge in [0, 0.05) is 22.3 Å². The smallest absolute Gasteiger partial charge is 0.250 e. The number of anilines is 1. The van der Waals surface area contributed by atoms with E-state index in [0.29, 0.717) is 49.5 Å². The molecule has 0 saturated heterocycles. The van der Waals surface area contributed by atoms with Crippen LogP contribution in [0.3, 0.4) is 0 Å². The summed E-state index contributed by atoms with van der Waals surface area (Å²) in [7, 11) is 0. The molecule has 11 heteroatoms. The lowest BCUT2D eigenvalue weighted by Gasteiger charge is -2.07. The Morgan fingerprint density at radius 1 is 0.921 bits per heavy atom. The first-order valence-electron chi connectivity index (χ1n) is 11.0. The molecule has 2 heterocycles. The van der Waals surface area contributed by atoms with Crippen LogP contribution < -0.4 is 10.6 Å². The number of halogens is 4. The van der Waals surface area contributed by atoms with Crippen LogP contribution in [0.4, 0.5) is 10.1 Å². The molecule has 0 aliphatic carbocycles. The fourth-order valence-corrected chi connectivity index (χ4v) is 4.50. The first-order valence-corrected chi connectivity index (χ1v) is 12.5. The van der Waals surface area contributed by atoms with Gasteiger partial charge in [-0.05, 0) is 85.0 Å². The number of amides is 1. The minimum atomic E-state index is -0.458. The van der Waals surface area contributed by atoms with Crippen LogP contribution in [0.5, 0.6) is 0 Å². The van der Waals surface area contributed by atoms with E-state index in [2.05, 4.69) is 15.6 Å². The van der Waals surface area contributed by atoms with Crippen molar-refractivity contribution in [1.82, 2.24) is 10.3 Å². The summed E-state index contributed by atoms with van der Waals surface area (Å²) >= 11 is 23.5. The third-order valence-electron chi connectivity index (χ3n) is 5.27. The second kappa shape index (κ2) is 11.0. The Hall–Kier alpha value is -3.69. The molecule has 0 fully saturated rings. The fraction of sp³-hybridized carbons (Fsp3) is 0. The monoisotopic (exact) mass is 585 g/mol. The quantitative estimate of drug-likeness (QED) is 0.159. The van der Waals surface area contributed by atoms with Gasteiger partial charge in [-0.1, -0.05) is 34.8 Å². The molecule has 5 aromatic rings. The van der Waals surface area contributed by atoms with Crippen LogP contribution in [0.2, 0.25) is 15.1 Å². The molecular weight excluding hydrogens is 572 g/mol. The van der Waals surface area contributed by atoms with E-state index in [0.717, 1.165) is 0 Å². The standard InChI is InChI=1S/C27H15Cl3FN3O3S/c28-14-1-6-18(20(29)11-14)23-9-4-17(36-23)5-10-25(35)34-27(38)32-16-3-8-24-22(13-16)33-26(37-24)19-7-2-15(31)12-21(19)30/h1-13H,(H2,32,34,35,38)/b10-5+. The molecule has 0 atom stereocenters. The van der Waals surface area contributed by atoms with Crippen LogP contribution in [0.1, 0.15) is 5.76 Å². The number of nitrogens with one attached hydrogen (secondary N) is 2. The van der Waals surface area contributed by atoms with E-state index in [1.165, 1.54) is 30.4 Å². The summed E-state index contributed by atoms with van der Waals surface area (Å²) in [6.07, 6.45) is 2.80. The highest BCUT2D eigenvalue weighted by Crippen LogP contribution is 2.33. The summed E-state index contributed by atoms with van der Waals surface area (Å²) in [5, 5.41) is 6.73. The Labute approximate surface area is 236 Å². The predicted octanol–water partition coefficient (Wildman–Crippen LogP) is 8.38. The largest absolute Gasteiger partial charge is 0.457 e. The zero-order valence-corrected chi connectivity index (χ0v) is 22.2. The maximum atomic E-state index is 13.4. The van der Waals surface area contributed by atoms with Crippen molar-refractivity contribution >= 4 is 80.9 Å². The first kappa shape index (κ1) is 25.9. The number of oxazole rings is 1. The summed E-state index contributed by atoms with van der Waals surface area (Å²) in [5.74, 6) is 0.331. The van der Waals surface area contributed by atoms with Gasteiger partial charge in [0.2, 0.25) is 11.8 Å². The lowest BCUT2D eigenvalue weighted by atomic mass is 10.2. The van der Waals surface area contributed by atoms with Gasteiger partial charge >= 0.3 is 0 Å². The summed E-state index contributed by atoms with van der Waals surface area (Å²) in [5.41, 5.74) is 2.75. The van der Waals surface area contributed by atoms with Gasteiger partial charge in [-0.2, -0.15) is 0 Å². The van der Waals surface area contributed by atoms with Crippen molar-refractivity contribution in [2.75, 3.05) is 5.32 Å². The van der Waals surface area contributed by atoms with E-state index < -0.39 is 11.7 Å². The number of aromatic nitrogens is 1. The molecule has 0 radical (unpaired) electrons. The van der Waals surface area contributed by atoms with Gasteiger partial charge in [0.05, 0.1) is 15.6 Å². The van der Waals surface area contributed by atoms with Crippen molar-refractivity contribution in [2.45, 2.75) is 0 Å². The van der Waals surface area contributed by atoms with Crippen molar-refractivity contribution in [1.29, 1.82) is 0 Å². The molecule has 2 aromatic heterocycles. The molecule has 3 aromatic carbocycles. The summed E-state index contributed by atoms with van der Waals surface area (Å²) in [4.78, 5) is 16.8. The van der Waals surface area contributed by atoms with E-state index in [4.69, 9.17) is 55.9 Å². The SMILES string of the molecule is O=C(/C=C/c1ccc(-c2ccc(Cl)cc2Cl)o1)NC(=S)Nc1ccc2oc(-c3ccc(F)cc3Cl)nc2c1. The van der Waals surface area contributed by atoms with Crippen LogP contribution in [0.15, 0.2) is 81.6 Å². The molecule has 38 heavy (non-hydrogen) atoms. The Bertz CT molecular complexity index is 1730. The number of fused-ring (bicyclic) bond motifs is 1. The second-order valence-electron chi connectivity index (χ2n) is 7.93. The number of benzene rings is 3. The zero-order valence-electron chi connectivity index (χ0n) is 19.1. The first-order chi connectivity index (χ1) is 18.2. The molecule has 0 aliphatic rings. The number of thiocarbonyl (C=S) groups is 1. The van der Waals surface area contributed by atoms with Crippen LogP contribution in [0.25, 0.3) is 40.0 Å². The van der Waals surface area contributed by atoms with Crippen LogP contribution in [-0.2, 0) is 4.79 Å². The third kappa shape index (κ3) is 5.89. The molecule has 2 N–H and O–H groups in total. The van der Waals surface area contributed by atoms with E-state index in [9.17, 15) is 9.18 Å². The Kier molecular flexibility index (Phi) is 7.49. The number of rotatable bonds is 5. The average molecular weight is 587 g/mol. The molecule has 0 unspecified atom stereocenters. The number of hydrogen-bond acceptors (Lipinski definition) is 5. The number of nitrogens with zero attached hydrogens (tertiary/aromatic N) is 1. The van der Waals surface area contributed by atoms with E-state index in [1.807, 2.05) is 0 Å². The van der Waals surface area contributed by atoms with Crippen LogP contribution in [0, 0.1) is 5.82 Å². The molecule has 6 nitrogen and oxygen atoms in total. The molecule has 5 rings (SSSR count). The Morgan fingerprint density at radius 2 is 1.71 bits per heavy atom. The van der Waals surface area contributed by atoms with Gasteiger partial charge < -0.3 is 14.2 Å². The van der Waals surface area contributed by atoms with Crippen LogP contribution in [-0.4, -0.2) is 16.0 Å². The molecule has 0 bridgehead atoms. The number of hydrogen-bond donors (Lipinski definition) is 2. The zero-order chi connectivity index (χ0) is 26.8. The summed E-state index contributed by atoms with van der Waals surface area (Å²) < 4.78 is 24.8. The molecule has 1 amide bonds. The normalized spacial score (nSPS) is 11.3. The van der Waals surface area contributed by atoms with Gasteiger partial charge in [-0.25, -0.2) is 9.37 Å². The maximum absolute atomic E-state index is 13.4. The lowest BCUT2D eigenvalue weighted by Crippen LogP contribution is -2.32. The van der Waals surface area contributed by atoms with Crippen molar-refractivity contribution < 1.29 is 18.0 Å². The van der Waals surface area contributed by atoms with Crippen molar-refractivity contribution in [3.8, 4) is 22.8 Å². The fourth-order valence-electron chi connectivity index (χ4n) is 3.53. The Balaban J connectivity index is 1.21. The highest BCUT2D eigenvalue weighted by atomic mass is 35.5. The lowest BCUT2D eigenvalue weighted by molar-refractivity contribution is -0.115. The number of carbonyl (C=O) groups excluding carboxylic acids is 1. The van der Waals surface area contributed by atoms with E-state index >= 15 is 0 Å². The average Bonchev–Trinajstić information content (AvgIpc) is 3.49. The highest BCUT2D eigenvalue weighted by molar-refractivity contribution is 7.80. The molecule has 190 valence electrons. The Morgan fingerprint density at radius 3 is 2.50 bits per heavy atom. The number of furan rings is 1. The molecule has 0 saturated carbocycles. The molecule has 0 spiro atoms. The molecule has 0 aliphatic heterocycles.